The molecule has 1 heterocycles. The number of benzene rings is 2. The van der Waals surface area contributed by atoms with Gasteiger partial charge in [0.25, 0.3) is 17.7 Å². The van der Waals surface area contributed by atoms with Crippen LogP contribution >= 0.6 is 0 Å². The highest BCUT2D eigenvalue weighted by Crippen LogP contribution is 2.20. The van der Waals surface area contributed by atoms with E-state index in [1.165, 1.54) is 0 Å². The topological polar surface area (TPSA) is 87.7 Å². The van der Waals surface area contributed by atoms with Crippen molar-refractivity contribution in [2.45, 2.75) is 33.1 Å². The molecule has 3 amide bonds. The van der Waals surface area contributed by atoms with Gasteiger partial charge in [-0.15, -0.1) is 0 Å². The van der Waals surface area contributed by atoms with E-state index < -0.39 is 0 Å². The number of hydrogen-bond donors (Lipinski definition) is 2. The highest BCUT2D eigenvalue weighted by atomic mass is 16.5. The Hall–Kier alpha value is -3.35. The Balaban J connectivity index is 1.64. The van der Waals surface area contributed by atoms with Crippen LogP contribution < -0.4 is 15.4 Å². The number of piperidine rings is 1. The minimum atomic E-state index is -0.316. The molecular weight excluding hydrogens is 394 g/mol. The molecule has 3 rings (SSSR count). The normalized spacial score (nSPS) is 13.4. The fourth-order valence-corrected chi connectivity index (χ4v) is 3.46. The summed E-state index contributed by atoms with van der Waals surface area (Å²) in [6.07, 6.45) is 3.22. The molecule has 7 nitrogen and oxygen atoms in total. The molecule has 0 bridgehead atoms. The molecule has 164 valence electrons. The summed E-state index contributed by atoms with van der Waals surface area (Å²) < 4.78 is 5.64. The van der Waals surface area contributed by atoms with Gasteiger partial charge >= 0.3 is 0 Å². The number of nitrogens with one attached hydrogen (secondary N) is 2. The smallest absolute Gasteiger partial charge is 0.260 e. The van der Waals surface area contributed by atoms with E-state index in [0.29, 0.717) is 29.1 Å². The highest BCUT2D eigenvalue weighted by Gasteiger charge is 2.17. The van der Waals surface area contributed by atoms with Gasteiger partial charge in [0.15, 0.2) is 6.61 Å². The molecule has 0 aromatic heterocycles. The van der Waals surface area contributed by atoms with Crippen LogP contribution in [0, 0.1) is 6.92 Å². The predicted octanol–water partition coefficient (Wildman–Crippen LogP) is 3.39. The first kappa shape index (κ1) is 22.3. The largest absolute Gasteiger partial charge is 0.484 e. The van der Waals surface area contributed by atoms with E-state index in [1.807, 2.05) is 18.7 Å². The average Bonchev–Trinajstić information content (AvgIpc) is 2.79. The van der Waals surface area contributed by atoms with Crippen molar-refractivity contribution in [1.29, 1.82) is 0 Å². The Bertz CT molecular complexity index is 952. The van der Waals surface area contributed by atoms with Crippen molar-refractivity contribution in [2.75, 3.05) is 31.6 Å². The molecule has 31 heavy (non-hydrogen) atoms. The number of likely N-dealkylation sites (tertiary alicyclic amines) is 1. The fraction of sp³-hybridized carbons (Fsp3) is 0.375. The number of nitrogens with zero attached hydrogens (tertiary/aromatic N) is 1. The Labute approximate surface area is 182 Å². The predicted molar refractivity (Wildman–Crippen MR) is 120 cm³/mol. The number of ether oxygens (including phenoxy) is 1. The molecule has 0 atom stereocenters. The van der Waals surface area contributed by atoms with Gasteiger partial charge in [-0.05, 0) is 69.0 Å². The summed E-state index contributed by atoms with van der Waals surface area (Å²) in [5.74, 6) is -0.0751. The lowest BCUT2D eigenvalue weighted by Crippen LogP contribution is -2.38. The first-order valence-electron chi connectivity index (χ1n) is 10.7. The second kappa shape index (κ2) is 10.6. The monoisotopic (exact) mass is 423 g/mol. The summed E-state index contributed by atoms with van der Waals surface area (Å²) in [4.78, 5) is 39.0. The summed E-state index contributed by atoms with van der Waals surface area (Å²) in [6.45, 7) is 5.76. The van der Waals surface area contributed by atoms with Crippen molar-refractivity contribution in [3.8, 4) is 5.75 Å². The van der Waals surface area contributed by atoms with Crippen molar-refractivity contribution >= 4 is 23.4 Å². The molecule has 2 N–H and O–H groups in total. The van der Waals surface area contributed by atoms with Crippen LogP contribution in [-0.4, -0.2) is 48.9 Å². The lowest BCUT2D eigenvalue weighted by Gasteiger charge is -2.26. The third-order valence-corrected chi connectivity index (χ3v) is 5.25. The molecule has 7 heteroatoms. The van der Waals surface area contributed by atoms with Gasteiger partial charge in [0, 0.05) is 36.4 Å². The summed E-state index contributed by atoms with van der Waals surface area (Å²) in [7, 11) is 0. The Kier molecular flexibility index (Phi) is 7.65. The van der Waals surface area contributed by atoms with E-state index in [0.717, 1.165) is 37.9 Å². The second-order valence-electron chi connectivity index (χ2n) is 7.60. The maximum atomic E-state index is 12.8. The molecule has 2 aromatic rings. The van der Waals surface area contributed by atoms with E-state index >= 15 is 0 Å². The van der Waals surface area contributed by atoms with E-state index in [9.17, 15) is 14.4 Å². The second-order valence-corrected chi connectivity index (χ2v) is 7.60. The SMILES string of the molecule is CCNC(=O)c1ccc(C)c(NC(=O)c2cccc(OCC(=O)N3CCCCC3)c2)c1. The number of amides is 3. The van der Waals surface area contributed by atoms with Crippen LogP contribution in [0.3, 0.4) is 0 Å². The number of anilines is 1. The Morgan fingerprint density at radius 2 is 1.71 bits per heavy atom. The molecule has 1 aliphatic heterocycles. The van der Waals surface area contributed by atoms with Crippen LogP contribution in [0.5, 0.6) is 5.75 Å². The molecule has 1 aliphatic rings. The number of hydrogen-bond acceptors (Lipinski definition) is 4. The number of aryl methyl sites for hydroxylation is 1. The van der Waals surface area contributed by atoms with E-state index in [2.05, 4.69) is 10.6 Å². The number of rotatable bonds is 7. The average molecular weight is 424 g/mol. The summed E-state index contributed by atoms with van der Waals surface area (Å²) in [5.41, 5.74) is 2.31. The van der Waals surface area contributed by atoms with Crippen molar-refractivity contribution < 1.29 is 19.1 Å². The highest BCUT2D eigenvalue weighted by molar-refractivity contribution is 6.05. The summed E-state index contributed by atoms with van der Waals surface area (Å²) in [6, 6.07) is 11.9. The zero-order chi connectivity index (χ0) is 22.2. The van der Waals surface area contributed by atoms with Gasteiger partial charge in [0.2, 0.25) is 0 Å². The lowest BCUT2D eigenvalue weighted by atomic mass is 10.1. The first-order chi connectivity index (χ1) is 15.0. The van der Waals surface area contributed by atoms with Crippen molar-refractivity contribution in [3.63, 3.8) is 0 Å². The minimum absolute atomic E-state index is 0.0349. The van der Waals surface area contributed by atoms with Gasteiger partial charge in [0.1, 0.15) is 5.75 Å². The number of carbonyl (C=O) groups excluding carboxylic acids is 3. The number of carbonyl (C=O) groups is 3. The van der Waals surface area contributed by atoms with E-state index in [-0.39, 0.29) is 24.3 Å². The molecule has 0 unspecified atom stereocenters. The molecule has 0 spiro atoms. The van der Waals surface area contributed by atoms with E-state index in [4.69, 9.17) is 4.74 Å². The quantitative estimate of drug-likeness (QED) is 0.715. The van der Waals surface area contributed by atoms with Crippen LogP contribution in [0.25, 0.3) is 0 Å². The lowest BCUT2D eigenvalue weighted by molar-refractivity contribution is -0.134. The molecule has 0 saturated carbocycles. The van der Waals surface area contributed by atoms with Gasteiger partial charge in [-0.1, -0.05) is 12.1 Å². The fourth-order valence-electron chi connectivity index (χ4n) is 3.46. The van der Waals surface area contributed by atoms with E-state index in [1.54, 1.807) is 42.5 Å². The van der Waals surface area contributed by atoms with Crippen molar-refractivity contribution in [3.05, 3.63) is 59.2 Å². The maximum absolute atomic E-state index is 12.8. The Morgan fingerprint density at radius 3 is 2.45 bits per heavy atom. The van der Waals surface area contributed by atoms with Crippen LogP contribution in [0.2, 0.25) is 0 Å². The third-order valence-electron chi connectivity index (χ3n) is 5.25. The summed E-state index contributed by atoms with van der Waals surface area (Å²) >= 11 is 0. The van der Waals surface area contributed by atoms with Crippen molar-refractivity contribution in [1.82, 2.24) is 10.2 Å². The zero-order valence-corrected chi connectivity index (χ0v) is 18.1. The minimum Gasteiger partial charge on any atom is -0.484 e. The van der Waals surface area contributed by atoms with Crippen LogP contribution in [0.15, 0.2) is 42.5 Å². The molecule has 1 fully saturated rings. The van der Waals surface area contributed by atoms with Gasteiger partial charge in [-0.3, -0.25) is 14.4 Å². The zero-order valence-electron chi connectivity index (χ0n) is 18.1. The van der Waals surface area contributed by atoms with Gasteiger partial charge < -0.3 is 20.3 Å². The molecule has 0 aliphatic carbocycles. The maximum Gasteiger partial charge on any atom is 0.260 e. The van der Waals surface area contributed by atoms with Crippen LogP contribution in [-0.2, 0) is 4.79 Å². The molecular formula is C24H29N3O4. The standard InChI is InChI=1S/C24H29N3O4/c1-3-25-23(29)19-11-10-17(2)21(15-19)26-24(30)18-8-7-9-20(14-18)31-16-22(28)27-12-5-4-6-13-27/h7-11,14-15H,3-6,12-13,16H2,1-2H3,(H,25,29)(H,26,30). The molecule has 0 radical (unpaired) electrons. The van der Waals surface area contributed by atoms with Crippen LogP contribution in [0.4, 0.5) is 5.69 Å². The third kappa shape index (κ3) is 6.07. The first-order valence-corrected chi connectivity index (χ1v) is 10.7. The van der Waals surface area contributed by atoms with Crippen LogP contribution in [0.1, 0.15) is 52.5 Å². The van der Waals surface area contributed by atoms with Crippen molar-refractivity contribution in [2.24, 2.45) is 0 Å². The Morgan fingerprint density at radius 1 is 0.968 bits per heavy atom. The molecule has 2 aromatic carbocycles. The van der Waals surface area contributed by atoms with Gasteiger partial charge in [-0.25, -0.2) is 0 Å². The van der Waals surface area contributed by atoms with Gasteiger partial charge in [-0.2, -0.15) is 0 Å². The van der Waals surface area contributed by atoms with Gasteiger partial charge in [0.05, 0.1) is 0 Å². The summed E-state index contributed by atoms with van der Waals surface area (Å²) in [5, 5.41) is 5.61. The molecule has 1 saturated heterocycles.